The molecule has 3 amide bonds. The van der Waals surface area contributed by atoms with E-state index >= 15 is 0 Å². The van der Waals surface area contributed by atoms with Gasteiger partial charge in [-0.25, -0.2) is 9.78 Å². The van der Waals surface area contributed by atoms with Crippen LogP contribution in [0.4, 0.5) is 29.3 Å². The zero-order valence-electron chi connectivity index (χ0n) is 13.9. The van der Waals surface area contributed by atoms with Gasteiger partial charge in [0.1, 0.15) is 0 Å². The SMILES string of the molecule is O=C(Nc1ccc(N2CCNC2=O)cc1)c1ccc(OCC(F)(F)F)nc1. The number of nitrogens with one attached hydrogen (secondary N) is 2. The molecule has 3 rings (SSSR count). The number of nitrogens with zero attached hydrogens (tertiary/aromatic N) is 2. The second-order valence-electron chi connectivity index (χ2n) is 5.67. The largest absolute Gasteiger partial charge is 0.468 e. The summed E-state index contributed by atoms with van der Waals surface area (Å²) in [4.78, 5) is 29.1. The molecule has 0 bridgehead atoms. The van der Waals surface area contributed by atoms with Crippen molar-refractivity contribution in [3.8, 4) is 5.88 Å². The Balaban J connectivity index is 1.59. The number of aromatic nitrogens is 1. The molecule has 1 saturated heterocycles. The highest BCUT2D eigenvalue weighted by Crippen LogP contribution is 2.20. The number of carbonyl (C=O) groups is 2. The summed E-state index contributed by atoms with van der Waals surface area (Å²) in [6.07, 6.45) is -3.33. The first-order chi connectivity index (χ1) is 12.8. The molecule has 1 aliphatic rings. The molecule has 1 fully saturated rings. The molecule has 2 aromatic rings. The maximum absolute atomic E-state index is 12.2. The van der Waals surface area contributed by atoms with Gasteiger partial charge in [-0.1, -0.05) is 0 Å². The zero-order chi connectivity index (χ0) is 19.4. The van der Waals surface area contributed by atoms with Crippen molar-refractivity contribution < 1.29 is 27.5 Å². The molecule has 10 heteroatoms. The number of ether oxygens (including phenoxy) is 1. The second kappa shape index (κ2) is 7.52. The van der Waals surface area contributed by atoms with Crippen molar-refractivity contribution in [2.75, 3.05) is 29.9 Å². The number of hydrogen-bond acceptors (Lipinski definition) is 4. The van der Waals surface area contributed by atoms with Crippen molar-refractivity contribution in [2.24, 2.45) is 0 Å². The van der Waals surface area contributed by atoms with Crippen molar-refractivity contribution >= 4 is 23.3 Å². The Bertz CT molecular complexity index is 823. The third-order valence-corrected chi connectivity index (χ3v) is 3.68. The van der Waals surface area contributed by atoms with E-state index in [1.54, 1.807) is 29.2 Å². The van der Waals surface area contributed by atoms with Crippen molar-refractivity contribution in [2.45, 2.75) is 6.18 Å². The number of amides is 3. The number of urea groups is 1. The van der Waals surface area contributed by atoms with Crippen LogP contribution in [0, 0.1) is 0 Å². The molecule has 2 heterocycles. The number of benzene rings is 1. The first-order valence-corrected chi connectivity index (χ1v) is 7.94. The highest BCUT2D eigenvalue weighted by Gasteiger charge is 2.28. The van der Waals surface area contributed by atoms with Crippen LogP contribution < -0.4 is 20.3 Å². The van der Waals surface area contributed by atoms with Gasteiger partial charge >= 0.3 is 12.2 Å². The van der Waals surface area contributed by atoms with E-state index in [-0.39, 0.29) is 17.5 Å². The number of carbonyl (C=O) groups excluding carboxylic acids is 2. The molecule has 142 valence electrons. The summed E-state index contributed by atoms with van der Waals surface area (Å²) < 4.78 is 40.8. The van der Waals surface area contributed by atoms with Crippen LogP contribution in [-0.4, -0.2) is 42.8 Å². The minimum Gasteiger partial charge on any atom is -0.468 e. The fraction of sp³-hybridized carbons (Fsp3) is 0.235. The van der Waals surface area contributed by atoms with E-state index in [0.717, 1.165) is 6.20 Å². The van der Waals surface area contributed by atoms with E-state index in [1.165, 1.54) is 12.1 Å². The van der Waals surface area contributed by atoms with Crippen LogP contribution in [0.25, 0.3) is 0 Å². The third kappa shape index (κ3) is 4.87. The van der Waals surface area contributed by atoms with E-state index in [9.17, 15) is 22.8 Å². The lowest BCUT2D eigenvalue weighted by Crippen LogP contribution is -2.27. The monoisotopic (exact) mass is 380 g/mol. The van der Waals surface area contributed by atoms with Crippen LogP contribution in [-0.2, 0) is 0 Å². The average molecular weight is 380 g/mol. The number of pyridine rings is 1. The molecular weight excluding hydrogens is 365 g/mol. The van der Waals surface area contributed by atoms with Gasteiger partial charge in [0, 0.05) is 36.7 Å². The van der Waals surface area contributed by atoms with Crippen LogP contribution in [0.3, 0.4) is 0 Å². The molecule has 0 spiro atoms. The van der Waals surface area contributed by atoms with Gasteiger partial charge in [0.15, 0.2) is 6.61 Å². The molecule has 0 aliphatic carbocycles. The van der Waals surface area contributed by atoms with Crippen LogP contribution in [0.2, 0.25) is 0 Å². The summed E-state index contributed by atoms with van der Waals surface area (Å²) in [5.41, 5.74) is 1.37. The Morgan fingerprint density at radius 1 is 1.22 bits per heavy atom. The van der Waals surface area contributed by atoms with E-state index in [4.69, 9.17) is 0 Å². The Kier molecular flexibility index (Phi) is 5.15. The van der Waals surface area contributed by atoms with Gasteiger partial charge in [-0.3, -0.25) is 9.69 Å². The van der Waals surface area contributed by atoms with E-state index in [0.29, 0.717) is 24.5 Å². The van der Waals surface area contributed by atoms with Gasteiger partial charge in [-0.05, 0) is 30.3 Å². The third-order valence-electron chi connectivity index (χ3n) is 3.68. The minimum atomic E-state index is -4.46. The fourth-order valence-corrected chi connectivity index (χ4v) is 2.40. The molecule has 27 heavy (non-hydrogen) atoms. The Morgan fingerprint density at radius 3 is 2.52 bits per heavy atom. The summed E-state index contributed by atoms with van der Waals surface area (Å²) in [6, 6.07) is 9.03. The lowest BCUT2D eigenvalue weighted by molar-refractivity contribution is -0.154. The number of rotatable bonds is 5. The predicted molar refractivity (Wildman–Crippen MR) is 90.9 cm³/mol. The first kappa shape index (κ1) is 18.5. The summed E-state index contributed by atoms with van der Waals surface area (Å²) in [5.74, 6) is -0.700. The normalized spacial score (nSPS) is 14.0. The lowest BCUT2D eigenvalue weighted by Gasteiger charge is -2.14. The molecule has 0 saturated carbocycles. The highest BCUT2D eigenvalue weighted by molar-refractivity contribution is 6.04. The molecule has 2 N–H and O–H groups in total. The molecule has 7 nitrogen and oxygen atoms in total. The molecule has 0 atom stereocenters. The molecule has 1 aliphatic heterocycles. The average Bonchev–Trinajstić information content (AvgIpc) is 3.06. The van der Waals surface area contributed by atoms with Gasteiger partial charge in [0.05, 0.1) is 5.56 Å². The highest BCUT2D eigenvalue weighted by atomic mass is 19.4. The molecule has 1 aromatic carbocycles. The summed E-state index contributed by atoms with van der Waals surface area (Å²) in [6.45, 7) is -0.307. The van der Waals surface area contributed by atoms with Gasteiger partial charge < -0.3 is 15.4 Å². The van der Waals surface area contributed by atoms with Gasteiger partial charge in [-0.2, -0.15) is 13.2 Å². The number of halogens is 3. The summed E-state index contributed by atoms with van der Waals surface area (Å²) >= 11 is 0. The number of alkyl halides is 3. The standard InChI is InChI=1S/C17H15F3N4O3/c18-17(19,20)10-27-14-6-1-11(9-22-14)15(25)23-12-2-4-13(5-3-12)24-8-7-21-16(24)26/h1-6,9H,7-8,10H2,(H,21,26)(H,23,25). The molecule has 0 unspecified atom stereocenters. The van der Waals surface area contributed by atoms with E-state index in [1.807, 2.05) is 0 Å². The zero-order valence-corrected chi connectivity index (χ0v) is 13.9. The van der Waals surface area contributed by atoms with Crippen LogP contribution in [0.15, 0.2) is 42.6 Å². The van der Waals surface area contributed by atoms with E-state index < -0.39 is 18.7 Å². The van der Waals surface area contributed by atoms with Crippen molar-refractivity contribution in [3.05, 3.63) is 48.2 Å². The second-order valence-corrected chi connectivity index (χ2v) is 5.67. The fourth-order valence-electron chi connectivity index (χ4n) is 2.40. The van der Waals surface area contributed by atoms with Crippen molar-refractivity contribution in [3.63, 3.8) is 0 Å². The topological polar surface area (TPSA) is 83.6 Å². The quantitative estimate of drug-likeness (QED) is 0.836. The number of anilines is 2. The van der Waals surface area contributed by atoms with Crippen LogP contribution in [0.1, 0.15) is 10.4 Å². The minimum absolute atomic E-state index is 0.164. The molecular formula is C17H15F3N4O3. The Hall–Kier alpha value is -3.30. The first-order valence-electron chi connectivity index (χ1n) is 7.94. The maximum Gasteiger partial charge on any atom is 0.422 e. The van der Waals surface area contributed by atoms with Crippen molar-refractivity contribution in [1.29, 1.82) is 0 Å². The maximum atomic E-state index is 12.2. The van der Waals surface area contributed by atoms with Crippen molar-refractivity contribution in [1.82, 2.24) is 10.3 Å². The number of hydrogen-bond donors (Lipinski definition) is 2. The van der Waals surface area contributed by atoms with Gasteiger partial charge in [0.25, 0.3) is 5.91 Å². The Morgan fingerprint density at radius 2 is 1.96 bits per heavy atom. The van der Waals surface area contributed by atoms with Gasteiger partial charge in [0.2, 0.25) is 5.88 Å². The van der Waals surface area contributed by atoms with Crippen LogP contribution >= 0.6 is 0 Å². The summed E-state index contributed by atoms with van der Waals surface area (Å²) in [5, 5.41) is 5.34. The predicted octanol–water partition coefficient (Wildman–Crippen LogP) is 2.80. The van der Waals surface area contributed by atoms with Crippen LogP contribution in [0.5, 0.6) is 5.88 Å². The Labute approximate surface area is 152 Å². The summed E-state index contributed by atoms with van der Waals surface area (Å²) in [7, 11) is 0. The lowest BCUT2D eigenvalue weighted by atomic mass is 10.2. The molecule has 0 radical (unpaired) electrons. The van der Waals surface area contributed by atoms with Gasteiger partial charge in [-0.15, -0.1) is 0 Å². The smallest absolute Gasteiger partial charge is 0.422 e. The van der Waals surface area contributed by atoms with E-state index in [2.05, 4.69) is 20.4 Å². The molecule has 1 aromatic heterocycles.